The van der Waals surface area contributed by atoms with E-state index < -0.39 is 6.10 Å². The molecule has 110 valence electrons. The van der Waals surface area contributed by atoms with Gasteiger partial charge in [0.05, 0.1) is 6.10 Å². The van der Waals surface area contributed by atoms with Gasteiger partial charge in [-0.3, -0.25) is 4.79 Å². The van der Waals surface area contributed by atoms with Crippen molar-refractivity contribution in [2.75, 3.05) is 0 Å². The third kappa shape index (κ3) is 5.30. The average Bonchev–Trinajstić information content (AvgIpc) is 2.48. The molecule has 0 spiro atoms. The molecule has 0 radical (unpaired) electrons. The smallest absolute Gasteiger partial charge is 0.142 e. The Kier molecular flexibility index (Phi) is 7.89. The Balaban J connectivity index is 2.70. The number of benzene rings is 1. The number of carbonyl (C=O) groups excluding carboxylic acids is 1. The predicted octanol–water partition coefficient (Wildman–Crippen LogP) is 4.45. The van der Waals surface area contributed by atoms with Gasteiger partial charge >= 0.3 is 0 Å². The third-order valence-corrected chi connectivity index (χ3v) is 3.65. The molecule has 0 saturated heterocycles. The van der Waals surface area contributed by atoms with Crippen LogP contribution in [0, 0.1) is 5.92 Å². The standard InChI is InChI=1S/C18H26O2/c1-3-5-6-10-14-16(17(19)11-4-2)18(20)15-12-8-7-9-13-15/h4,7-9,12-13,16,18,20H,2-3,5-6,10-11,14H2,1H3/t16-,18-/m0/s1. The molecule has 0 aliphatic rings. The Bertz CT molecular complexity index is 397. The van der Waals surface area contributed by atoms with Crippen LogP contribution in [0.1, 0.15) is 57.1 Å². The summed E-state index contributed by atoms with van der Waals surface area (Å²) < 4.78 is 0. The fourth-order valence-electron chi connectivity index (χ4n) is 2.46. The fraction of sp³-hybridized carbons (Fsp3) is 0.500. The zero-order valence-electron chi connectivity index (χ0n) is 12.4. The SMILES string of the molecule is C=CCC(=O)[C@H](CCCCCC)[C@@H](O)c1ccccc1. The van der Waals surface area contributed by atoms with Crippen molar-refractivity contribution in [2.45, 2.75) is 51.6 Å². The van der Waals surface area contributed by atoms with Gasteiger partial charge in [0.15, 0.2) is 0 Å². The number of unbranched alkanes of at least 4 members (excludes halogenated alkanes) is 3. The summed E-state index contributed by atoms with van der Waals surface area (Å²) in [6.45, 7) is 5.79. The Morgan fingerprint density at radius 3 is 2.55 bits per heavy atom. The number of rotatable bonds is 10. The van der Waals surface area contributed by atoms with Crippen LogP contribution < -0.4 is 0 Å². The van der Waals surface area contributed by atoms with Crippen LogP contribution in [0.2, 0.25) is 0 Å². The molecular weight excluding hydrogens is 248 g/mol. The number of aliphatic hydroxyl groups is 1. The number of hydrogen-bond acceptors (Lipinski definition) is 2. The van der Waals surface area contributed by atoms with Crippen molar-refractivity contribution < 1.29 is 9.90 Å². The molecule has 2 atom stereocenters. The van der Waals surface area contributed by atoms with Crippen LogP contribution in [0.5, 0.6) is 0 Å². The van der Waals surface area contributed by atoms with Crippen LogP contribution in [0.4, 0.5) is 0 Å². The van der Waals surface area contributed by atoms with Gasteiger partial charge in [-0.05, 0) is 12.0 Å². The van der Waals surface area contributed by atoms with Crippen LogP contribution in [-0.2, 0) is 4.79 Å². The lowest BCUT2D eigenvalue weighted by atomic mass is 9.86. The van der Waals surface area contributed by atoms with Crippen LogP contribution in [-0.4, -0.2) is 10.9 Å². The molecule has 1 aromatic carbocycles. The van der Waals surface area contributed by atoms with Crippen molar-refractivity contribution in [3.05, 3.63) is 48.6 Å². The number of carbonyl (C=O) groups is 1. The molecule has 0 bridgehead atoms. The van der Waals surface area contributed by atoms with E-state index >= 15 is 0 Å². The van der Waals surface area contributed by atoms with Crippen LogP contribution in [0.25, 0.3) is 0 Å². The molecule has 1 rings (SSSR count). The molecule has 2 heteroatoms. The average molecular weight is 274 g/mol. The summed E-state index contributed by atoms with van der Waals surface area (Å²) in [6.07, 6.45) is 6.48. The van der Waals surface area contributed by atoms with Crippen molar-refractivity contribution >= 4 is 5.78 Å². The van der Waals surface area contributed by atoms with Crippen LogP contribution >= 0.6 is 0 Å². The van der Waals surface area contributed by atoms with Gasteiger partial charge in [-0.15, -0.1) is 6.58 Å². The maximum atomic E-state index is 12.2. The molecule has 0 aromatic heterocycles. The summed E-state index contributed by atoms with van der Waals surface area (Å²) in [4.78, 5) is 12.2. The molecule has 2 nitrogen and oxygen atoms in total. The minimum Gasteiger partial charge on any atom is -0.388 e. The first-order valence-corrected chi connectivity index (χ1v) is 7.57. The normalized spacial score (nSPS) is 13.7. The highest BCUT2D eigenvalue weighted by molar-refractivity contribution is 5.83. The van der Waals surface area contributed by atoms with E-state index in [-0.39, 0.29) is 11.7 Å². The van der Waals surface area contributed by atoms with Gasteiger partial charge in [0, 0.05) is 12.3 Å². The first-order valence-electron chi connectivity index (χ1n) is 7.57. The summed E-state index contributed by atoms with van der Waals surface area (Å²) in [5, 5.41) is 10.5. The molecule has 0 heterocycles. The minimum absolute atomic E-state index is 0.0906. The Hall–Kier alpha value is -1.41. The Labute approximate surface area is 122 Å². The first kappa shape index (κ1) is 16.6. The lowest BCUT2D eigenvalue weighted by Gasteiger charge is -2.22. The third-order valence-electron chi connectivity index (χ3n) is 3.65. The second-order valence-corrected chi connectivity index (χ2v) is 5.27. The number of allylic oxidation sites excluding steroid dienone is 1. The maximum Gasteiger partial charge on any atom is 0.142 e. The summed E-state index contributed by atoms with van der Waals surface area (Å²) in [5.41, 5.74) is 0.824. The van der Waals surface area contributed by atoms with E-state index in [0.717, 1.165) is 24.8 Å². The van der Waals surface area contributed by atoms with E-state index in [1.807, 2.05) is 30.3 Å². The number of hydrogen-bond donors (Lipinski definition) is 1. The maximum absolute atomic E-state index is 12.2. The molecule has 1 aromatic rings. The summed E-state index contributed by atoms with van der Waals surface area (Å²) >= 11 is 0. The zero-order valence-corrected chi connectivity index (χ0v) is 12.4. The molecule has 0 amide bonds. The van der Waals surface area contributed by atoms with Gasteiger partial charge in [0.2, 0.25) is 0 Å². The highest BCUT2D eigenvalue weighted by Gasteiger charge is 2.26. The van der Waals surface area contributed by atoms with Gasteiger partial charge in [-0.1, -0.05) is 69.0 Å². The molecule has 0 unspecified atom stereocenters. The fourth-order valence-corrected chi connectivity index (χ4v) is 2.46. The van der Waals surface area contributed by atoms with Gasteiger partial charge in [-0.2, -0.15) is 0 Å². The molecule has 0 saturated carbocycles. The van der Waals surface area contributed by atoms with E-state index in [0.29, 0.717) is 6.42 Å². The molecule has 0 fully saturated rings. The number of Topliss-reactive ketones (excluding diaryl/α,β-unsaturated/α-hetero) is 1. The largest absolute Gasteiger partial charge is 0.388 e. The van der Waals surface area contributed by atoms with Crippen LogP contribution in [0.3, 0.4) is 0 Å². The van der Waals surface area contributed by atoms with E-state index in [1.165, 1.54) is 12.8 Å². The molecular formula is C18H26O2. The van der Waals surface area contributed by atoms with Crippen LogP contribution in [0.15, 0.2) is 43.0 Å². The van der Waals surface area contributed by atoms with Crippen molar-refractivity contribution in [3.8, 4) is 0 Å². The quantitative estimate of drug-likeness (QED) is 0.505. The molecule has 1 N–H and O–H groups in total. The summed E-state index contributed by atoms with van der Waals surface area (Å²) in [6, 6.07) is 9.46. The first-order chi connectivity index (χ1) is 9.70. The monoisotopic (exact) mass is 274 g/mol. The van der Waals surface area contributed by atoms with Crippen molar-refractivity contribution in [1.29, 1.82) is 0 Å². The Morgan fingerprint density at radius 1 is 1.25 bits per heavy atom. The minimum atomic E-state index is -0.703. The second kappa shape index (κ2) is 9.49. The van der Waals surface area contributed by atoms with E-state index in [2.05, 4.69) is 13.5 Å². The van der Waals surface area contributed by atoms with Gasteiger partial charge in [0.1, 0.15) is 5.78 Å². The second-order valence-electron chi connectivity index (χ2n) is 5.27. The van der Waals surface area contributed by atoms with E-state index in [9.17, 15) is 9.90 Å². The lowest BCUT2D eigenvalue weighted by molar-refractivity contribution is -0.126. The highest BCUT2D eigenvalue weighted by atomic mass is 16.3. The lowest BCUT2D eigenvalue weighted by Crippen LogP contribution is -2.22. The van der Waals surface area contributed by atoms with Crippen molar-refractivity contribution in [3.63, 3.8) is 0 Å². The van der Waals surface area contributed by atoms with Gasteiger partial charge < -0.3 is 5.11 Å². The Morgan fingerprint density at radius 2 is 1.95 bits per heavy atom. The topological polar surface area (TPSA) is 37.3 Å². The highest BCUT2D eigenvalue weighted by Crippen LogP contribution is 2.28. The van der Waals surface area contributed by atoms with E-state index in [4.69, 9.17) is 0 Å². The predicted molar refractivity (Wildman–Crippen MR) is 83.5 cm³/mol. The van der Waals surface area contributed by atoms with Gasteiger partial charge in [-0.25, -0.2) is 0 Å². The molecule has 20 heavy (non-hydrogen) atoms. The van der Waals surface area contributed by atoms with Crippen molar-refractivity contribution in [2.24, 2.45) is 5.92 Å². The van der Waals surface area contributed by atoms with Crippen molar-refractivity contribution in [1.82, 2.24) is 0 Å². The van der Waals surface area contributed by atoms with Gasteiger partial charge in [0.25, 0.3) is 0 Å². The summed E-state index contributed by atoms with van der Waals surface area (Å²) in [7, 11) is 0. The summed E-state index contributed by atoms with van der Waals surface area (Å²) in [5.74, 6) is -0.222. The number of aliphatic hydroxyl groups excluding tert-OH is 1. The molecule has 0 aliphatic carbocycles. The number of ketones is 1. The van der Waals surface area contributed by atoms with E-state index in [1.54, 1.807) is 6.08 Å². The zero-order chi connectivity index (χ0) is 14.8. The molecule has 0 aliphatic heterocycles.